The molecule has 4 rings (SSSR count). The van der Waals surface area contributed by atoms with E-state index in [0.29, 0.717) is 29.8 Å². The van der Waals surface area contributed by atoms with Crippen molar-refractivity contribution in [2.24, 2.45) is 5.92 Å². The fourth-order valence-corrected chi connectivity index (χ4v) is 3.51. The van der Waals surface area contributed by atoms with Crippen molar-refractivity contribution in [1.29, 1.82) is 0 Å². The van der Waals surface area contributed by atoms with Crippen molar-refractivity contribution in [2.75, 3.05) is 0 Å². The van der Waals surface area contributed by atoms with E-state index in [9.17, 15) is 9.59 Å². The van der Waals surface area contributed by atoms with Crippen molar-refractivity contribution in [3.63, 3.8) is 0 Å². The molecule has 0 aliphatic rings. The Kier molecular flexibility index (Phi) is 6.78. The van der Waals surface area contributed by atoms with Gasteiger partial charge in [-0.2, -0.15) is 5.10 Å². The molecule has 2 aromatic carbocycles. The summed E-state index contributed by atoms with van der Waals surface area (Å²) >= 11 is 0. The molecule has 2 aromatic heterocycles. The van der Waals surface area contributed by atoms with Crippen LogP contribution in [0, 0.1) is 5.92 Å². The maximum Gasteiger partial charge on any atom is 0.274 e. The van der Waals surface area contributed by atoms with Crippen molar-refractivity contribution in [3.8, 4) is 5.88 Å². The summed E-state index contributed by atoms with van der Waals surface area (Å²) in [4.78, 5) is 30.1. The van der Waals surface area contributed by atoms with Gasteiger partial charge in [0, 0.05) is 30.7 Å². The average molecular weight is 443 g/mol. The van der Waals surface area contributed by atoms with Gasteiger partial charge in [0.1, 0.15) is 6.61 Å². The highest BCUT2D eigenvalue weighted by Crippen LogP contribution is 2.15. The van der Waals surface area contributed by atoms with Crippen LogP contribution in [-0.4, -0.2) is 20.7 Å². The van der Waals surface area contributed by atoms with E-state index < -0.39 is 0 Å². The molecular formula is C26H26N4O3. The first-order valence-electron chi connectivity index (χ1n) is 10.9. The number of ether oxygens (including phenoxy) is 1. The number of rotatable bonds is 8. The lowest BCUT2D eigenvalue weighted by Crippen LogP contribution is -2.31. The topological polar surface area (TPSA) is 86.1 Å². The lowest BCUT2D eigenvalue weighted by atomic mass is 10.1. The molecule has 0 saturated heterocycles. The summed E-state index contributed by atoms with van der Waals surface area (Å²) in [6.45, 7) is 5.14. The Hall–Kier alpha value is -4.00. The van der Waals surface area contributed by atoms with Crippen LogP contribution < -0.4 is 15.6 Å². The normalized spacial score (nSPS) is 11.0. The second-order valence-corrected chi connectivity index (χ2v) is 8.23. The molecule has 0 spiro atoms. The zero-order valence-electron chi connectivity index (χ0n) is 18.7. The smallest absolute Gasteiger partial charge is 0.274 e. The minimum absolute atomic E-state index is 0.190. The highest BCUT2D eigenvalue weighted by atomic mass is 16.5. The minimum atomic E-state index is -0.340. The van der Waals surface area contributed by atoms with Crippen LogP contribution in [0.4, 0.5) is 0 Å². The average Bonchev–Trinajstić information content (AvgIpc) is 2.84. The molecule has 0 unspecified atom stereocenters. The van der Waals surface area contributed by atoms with E-state index in [1.54, 1.807) is 36.5 Å². The van der Waals surface area contributed by atoms with Crippen LogP contribution in [0.5, 0.6) is 5.88 Å². The number of fused-ring (bicyclic) bond motifs is 1. The van der Waals surface area contributed by atoms with Gasteiger partial charge in [0.25, 0.3) is 11.5 Å². The van der Waals surface area contributed by atoms with Gasteiger partial charge in [-0.1, -0.05) is 62.4 Å². The molecule has 1 amide bonds. The highest BCUT2D eigenvalue weighted by molar-refractivity contribution is 6.04. The molecule has 1 N–H and O–H groups in total. The third kappa shape index (κ3) is 5.44. The summed E-state index contributed by atoms with van der Waals surface area (Å²) in [6, 6.07) is 20.5. The molecular weight excluding hydrogens is 416 g/mol. The summed E-state index contributed by atoms with van der Waals surface area (Å²) in [5.41, 5.74) is 1.94. The summed E-state index contributed by atoms with van der Waals surface area (Å²) in [6.07, 6.45) is 1.65. The van der Waals surface area contributed by atoms with Crippen LogP contribution in [0.1, 0.15) is 35.5 Å². The molecule has 0 saturated carbocycles. The first-order chi connectivity index (χ1) is 16.0. The van der Waals surface area contributed by atoms with Crippen molar-refractivity contribution in [3.05, 3.63) is 100 Å². The molecule has 0 aliphatic heterocycles. The number of carbonyl (C=O) groups is 1. The van der Waals surface area contributed by atoms with Crippen LogP contribution >= 0.6 is 0 Å². The summed E-state index contributed by atoms with van der Waals surface area (Å²) < 4.78 is 7.15. The third-order valence-corrected chi connectivity index (χ3v) is 5.10. The zero-order chi connectivity index (χ0) is 23.2. The van der Waals surface area contributed by atoms with Gasteiger partial charge < -0.3 is 10.1 Å². The second kappa shape index (κ2) is 10.1. The lowest BCUT2D eigenvalue weighted by Gasteiger charge is -2.13. The molecule has 0 atom stereocenters. The Balaban J connectivity index is 1.50. The quantitative estimate of drug-likeness (QED) is 0.446. The molecule has 168 valence electrons. The predicted octanol–water partition coefficient (Wildman–Crippen LogP) is 3.96. The Morgan fingerprint density at radius 2 is 1.73 bits per heavy atom. The third-order valence-electron chi connectivity index (χ3n) is 5.10. The number of hydrogen-bond donors (Lipinski definition) is 1. The van der Waals surface area contributed by atoms with Crippen molar-refractivity contribution in [1.82, 2.24) is 20.1 Å². The van der Waals surface area contributed by atoms with Gasteiger partial charge in [-0.05, 0) is 29.2 Å². The minimum Gasteiger partial charge on any atom is -0.473 e. The van der Waals surface area contributed by atoms with Gasteiger partial charge in [0.15, 0.2) is 5.69 Å². The Morgan fingerprint density at radius 1 is 1.00 bits per heavy atom. The number of benzene rings is 2. The Labute approximate surface area is 192 Å². The molecule has 4 aromatic rings. The van der Waals surface area contributed by atoms with E-state index in [0.717, 1.165) is 11.1 Å². The number of carbonyl (C=O) groups excluding carboxylic acids is 1. The summed E-state index contributed by atoms with van der Waals surface area (Å²) in [5, 5.41) is 8.32. The fourth-order valence-electron chi connectivity index (χ4n) is 3.51. The molecule has 33 heavy (non-hydrogen) atoms. The molecule has 0 aliphatic carbocycles. The van der Waals surface area contributed by atoms with Crippen molar-refractivity contribution in [2.45, 2.75) is 33.5 Å². The summed E-state index contributed by atoms with van der Waals surface area (Å²) in [7, 11) is 0. The number of nitrogens with zero attached hydrogens (tertiary/aromatic N) is 3. The van der Waals surface area contributed by atoms with Gasteiger partial charge in [-0.25, -0.2) is 9.67 Å². The number of pyridine rings is 1. The van der Waals surface area contributed by atoms with Crippen LogP contribution in [0.3, 0.4) is 0 Å². The predicted molar refractivity (Wildman–Crippen MR) is 127 cm³/mol. The maximum absolute atomic E-state index is 13.0. The molecule has 7 heteroatoms. The number of aromatic nitrogens is 3. The van der Waals surface area contributed by atoms with Gasteiger partial charge in [-0.15, -0.1) is 0 Å². The number of nitrogens with one attached hydrogen (secondary N) is 1. The Morgan fingerprint density at radius 3 is 2.48 bits per heavy atom. The lowest BCUT2D eigenvalue weighted by molar-refractivity contribution is 0.0945. The molecule has 7 nitrogen and oxygen atoms in total. The zero-order valence-corrected chi connectivity index (χ0v) is 18.7. The van der Waals surface area contributed by atoms with E-state index in [1.807, 2.05) is 50.2 Å². The molecule has 0 fully saturated rings. The van der Waals surface area contributed by atoms with Crippen LogP contribution in [-0.2, 0) is 19.7 Å². The first kappa shape index (κ1) is 22.2. The molecule has 0 bridgehead atoms. The molecule has 0 radical (unpaired) electrons. The van der Waals surface area contributed by atoms with Gasteiger partial charge in [0.05, 0.1) is 5.39 Å². The van der Waals surface area contributed by atoms with E-state index in [2.05, 4.69) is 15.4 Å². The van der Waals surface area contributed by atoms with E-state index in [4.69, 9.17) is 4.74 Å². The van der Waals surface area contributed by atoms with Crippen molar-refractivity contribution < 1.29 is 9.53 Å². The first-order valence-corrected chi connectivity index (χ1v) is 10.9. The van der Waals surface area contributed by atoms with Crippen LogP contribution in [0.2, 0.25) is 0 Å². The largest absolute Gasteiger partial charge is 0.473 e. The summed E-state index contributed by atoms with van der Waals surface area (Å²) in [5.74, 6) is 0.366. The monoisotopic (exact) mass is 442 g/mol. The fraction of sp³-hybridized carbons (Fsp3) is 0.231. The Bertz CT molecular complexity index is 1320. The second-order valence-electron chi connectivity index (χ2n) is 8.23. The van der Waals surface area contributed by atoms with Crippen LogP contribution in [0.25, 0.3) is 10.8 Å². The van der Waals surface area contributed by atoms with Crippen molar-refractivity contribution >= 4 is 16.7 Å². The standard InChI is InChI=1S/C26H26N4O3/c1-18(2)16-30-26(32)22-11-7-6-10-21(22)24(29-30)25(31)28-15-20-12-13-27-23(14-20)33-17-19-8-4-3-5-9-19/h3-14,18H,15-17H2,1-2H3,(H,28,31). The van der Waals surface area contributed by atoms with E-state index in [1.165, 1.54) is 4.68 Å². The molecule has 2 heterocycles. The van der Waals surface area contributed by atoms with Gasteiger partial charge in [-0.3, -0.25) is 9.59 Å². The maximum atomic E-state index is 13.0. The number of amides is 1. The van der Waals surface area contributed by atoms with Gasteiger partial charge >= 0.3 is 0 Å². The van der Waals surface area contributed by atoms with E-state index >= 15 is 0 Å². The number of hydrogen-bond acceptors (Lipinski definition) is 5. The van der Waals surface area contributed by atoms with Gasteiger partial charge in [0.2, 0.25) is 5.88 Å². The van der Waals surface area contributed by atoms with E-state index in [-0.39, 0.29) is 29.6 Å². The van der Waals surface area contributed by atoms with Crippen LogP contribution in [0.15, 0.2) is 77.7 Å². The highest BCUT2D eigenvalue weighted by Gasteiger charge is 2.17. The SMILES string of the molecule is CC(C)Cn1nc(C(=O)NCc2ccnc(OCc3ccccc3)c2)c2ccccc2c1=O.